The predicted octanol–water partition coefficient (Wildman–Crippen LogP) is 4.49. The van der Waals surface area contributed by atoms with Crippen molar-refractivity contribution in [2.75, 3.05) is 0 Å². The molecule has 6 heteroatoms. The van der Waals surface area contributed by atoms with Crippen molar-refractivity contribution >= 4 is 50.8 Å². The molecule has 1 saturated carbocycles. The predicted molar refractivity (Wildman–Crippen MR) is 90.3 cm³/mol. The smallest absolute Gasteiger partial charge is 0.233 e. The van der Waals surface area contributed by atoms with Crippen molar-refractivity contribution in [1.82, 2.24) is 10.3 Å². The van der Waals surface area contributed by atoms with E-state index in [1.165, 1.54) is 24.6 Å². The number of rotatable bonds is 4. The molecule has 1 aromatic heterocycles. The lowest BCUT2D eigenvalue weighted by Gasteiger charge is -2.15. The first-order chi connectivity index (χ1) is 10.1. The molecular formula is C15H17ClN2OS2. The normalized spacial score (nSPS) is 17.2. The highest BCUT2D eigenvalue weighted by atomic mass is 35.5. The second-order valence-electron chi connectivity index (χ2n) is 5.34. The Hall–Kier alpha value is -0.780. The number of halogens is 1. The van der Waals surface area contributed by atoms with Crippen LogP contribution in [0.5, 0.6) is 0 Å². The van der Waals surface area contributed by atoms with Gasteiger partial charge in [-0.25, -0.2) is 4.98 Å². The van der Waals surface area contributed by atoms with Crippen LogP contribution in [0.25, 0.3) is 10.2 Å². The number of hydrogen-bond donors (Lipinski definition) is 1. The van der Waals surface area contributed by atoms with Crippen LogP contribution in [0.1, 0.15) is 32.6 Å². The molecule has 0 radical (unpaired) electrons. The fraction of sp³-hybridized carbons (Fsp3) is 0.467. The number of nitrogens with zero attached hydrogens (tertiary/aromatic N) is 1. The first-order valence-electron chi connectivity index (χ1n) is 7.15. The number of thioether (sulfide) groups is 1. The minimum absolute atomic E-state index is 0.115. The van der Waals surface area contributed by atoms with E-state index in [1.807, 2.05) is 25.1 Å². The lowest BCUT2D eigenvalue weighted by atomic mass is 10.2. The minimum atomic E-state index is -0.123. The highest BCUT2D eigenvalue weighted by molar-refractivity contribution is 8.02. The lowest BCUT2D eigenvalue weighted by molar-refractivity contribution is -0.120. The van der Waals surface area contributed by atoms with Crippen LogP contribution in [0.3, 0.4) is 0 Å². The van der Waals surface area contributed by atoms with Crippen LogP contribution in [0.15, 0.2) is 22.5 Å². The zero-order valence-corrected chi connectivity index (χ0v) is 14.2. The Bertz CT molecular complexity index is 652. The highest BCUT2D eigenvalue weighted by Crippen LogP contribution is 2.33. The average molecular weight is 341 g/mol. The number of hydrogen-bond acceptors (Lipinski definition) is 4. The molecule has 3 rings (SSSR count). The van der Waals surface area contributed by atoms with Crippen molar-refractivity contribution in [2.24, 2.45) is 0 Å². The summed E-state index contributed by atoms with van der Waals surface area (Å²) in [6, 6.07) is 6.07. The SMILES string of the molecule is C[C@@H](Sc1nc2cc(Cl)ccc2s1)C(=O)NC1CCCC1. The van der Waals surface area contributed by atoms with Crippen LogP contribution in [0, 0.1) is 0 Å². The summed E-state index contributed by atoms with van der Waals surface area (Å²) in [6.45, 7) is 1.94. The Kier molecular flexibility index (Phi) is 4.72. The van der Waals surface area contributed by atoms with E-state index >= 15 is 0 Å². The fourth-order valence-corrected chi connectivity index (χ4v) is 4.89. The van der Waals surface area contributed by atoms with E-state index in [1.54, 1.807) is 11.3 Å². The minimum Gasteiger partial charge on any atom is -0.352 e. The van der Waals surface area contributed by atoms with Crippen molar-refractivity contribution in [3.8, 4) is 0 Å². The van der Waals surface area contributed by atoms with Crippen molar-refractivity contribution in [1.29, 1.82) is 0 Å². The maximum absolute atomic E-state index is 12.2. The van der Waals surface area contributed by atoms with Crippen molar-refractivity contribution < 1.29 is 4.79 Å². The van der Waals surface area contributed by atoms with Crippen LogP contribution < -0.4 is 5.32 Å². The van der Waals surface area contributed by atoms with Crippen LogP contribution in [-0.4, -0.2) is 22.2 Å². The molecule has 3 nitrogen and oxygen atoms in total. The van der Waals surface area contributed by atoms with E-state index in [0.29, 0.717) is 11.1 Å². The highest BCUT2D eigenvalue weighted by Gasteiger charge is 2.22. The van der Waals surface area contributed by atoms with Gasteiger partial charge in [-0.2, -0.15) is 0 Å². The van der Waals surface area contributed by atoms with Gasteiger partial charge in [0.1, 0.15) is 0 Å². The molecule has 2 aromatic rings. The topological polar surface area (TPSA) is 42.0 Å². The van der Waals surface area contributed by atoms with Gasteiger partial charge in [-0.1, -0.05) is 36.2 Å². The molecule has 0 spiro atoms. The molecule has 1 aliphatic carbocycles. The molecule has 0 aliphatic heterocycles. The van der Waals surface area contributed by atoms with Crippen molar-refractivity contribution in [3.63, 3.8) is 0 Å². The largest absolute Gasteiger partial charge is 0.352 e. The fourth-order valence-electron chi connectivity index (χ4n) is 2.52. The van der Waals surface area contributed by atoms with Gasteiger partial charge in [0.15, 0.2) is 4.34 Å². The molecule has 1 aliphatic rings. The third-order valence-corrected chi connectivity index (χ3v) is 6.14. The summed E-state index contributed by atoms with van der Waals surface area (Å²) in [5, 5.41) is 3.71. The van der Waals surface area contributed by atoms with Gasteiger partial charge < -0.3 is 5.32 Å². The van der Waals surface area contributed by atoms with Crippen LogP contribution in [-0.2, 0) is 4.79 Å². The molecule has 0 bridgehead atoms. The molecule has 112 valence electrons. The quantitative estimate of drug-likeness (QED) is 0.834. The Morgan fingerprint density at radius 3 is 3.00 bits per heavy atom. The van der Waals surface area contributed by atoms with Crippen LogP contribution in [0.4, 0.5) is 0 Å². The molecule has 21 heavy (non-hydrogen) atoms. The summed E-state index contributed by atoms with van der Waals surface area (Å²) in [5.74, 6) is 0.115. The monoisotopic (exact) mass is 340 g/mol. The van der Waals surface area contributed by atoms with Gasteiger partial charge in [0, 0.05) is 11.1 Å². The molecule has 1 aromatic carbocycles. The number of carbonyl (C=O) groups is 1. The van der Waals surface area contributed by atoms with Crippen molar-refractivity contribution in [3.05, 3.63) is 23.2 Å². The lowest BCUT2D eigenvalue weighted by Crippen LogP contribution is -2.37. The molecule has 1 atom stereocenters. The number of aromatic nitrogens is 1. The van der Waals surface area contributed by atoms with E-state index in [9.17, 15) is 4.79 Å². The van der Waals surface area contributed by atoms with Crippen LogP contribution in [0.2, 0.25) is 5.02 Å². The second kappa shape index (κ2) is 6.55. The Morgan fingerprint density at radius 2 is 2.24 bits per heavy atom. The van der Waals surface area contributed by atoms with E-state index in [2.05, 4.69) is 10.3 Å². The van der Waals surface area contributed by atoms with Gasteiger partial charge in [-0.3, -0.25) is 4.79 Å². The zero-order chi connectivity index (χ0) is 14.8. The Balaban J connectivity index is 1.64. The Morgan fingerprint density at radius 1 is 1.48 bits per heavy atom. The van der Waals surface area contributed by atoms with E-state index < -0.39 is 0 Å². The van der Waals surface area contributed by atoms with Gasteiger partial charge >= 0.3 is 0 Å². The zero-order valence-electron chi connectivity index (χ0n) is 11.8. The summed E-state index contributed by atoms with van der Waals surface area (Å²) in [6.07, 6.45) is 4.68. The van der Waals surface area contributed by atoms with E-state index in [-0.39, 0.29) is 11.2 Å². The summed E-state index contributed by atoms with van der Waals surface area (Å²) in [4.78, 5) is 16.7. The first-order valence-corrected chi connectivity index (χ1v) is 9.22. The van der Waals surface area contributed by atoms with Gasteiger partial charge in [0.2, 0.25) is 5.91 Å². The molecule has 0 unspecified atom stereocenters. The molecule has 1 fully saturated rings. The average Bonchev–Trinajstić information content (AvgIpc) is 3.07. The number of carbonyl (C=O) groups excluding carboxylic acids is 1. The molecule has 1 N–H and O–H groups in total. The molecule has 1 amide bonds. The standard InChI is InChI=1S/C15H17ClN2OS2/c1-9(14(19)17-11-4-2-3-5-11)20-15-18-12-8-10(16)6-7-13(12)21-15/h6-9,11H,2-5H2,1H3,(H,17,19)/t9-/m1/s1. The third kappa shape index (κ3) is 3.71. The van der Waals surface area contributed by atoms with Gasteiger partial charge in [0.25, 0.3) is 0 Å². The van der Waals surface area contributed by atoms with Gasteiger partial charge in [-0.05, 0) is 38.0 Å². The van der Waals surface area contributed by atoms with Crippen LogP contribution >= 0.6 is 34.7 Å². The first kappa shape index (κ1) is 15.1. The molecule has 1 heterocycles. The number of nitrogens with one attached hydrogen (secondary N) is 1. The maximum Gasteiger partial charge on any atom is 0.233 e. The third-order valence-electron chi connectivity index (χ3n) is 3.68. The van der Waals surface area contributed by atoms with Crippen molar-refractivity contribution in [2.45, 2.75) is 48.2 Å². The summed E-state index contributed by atoms with van der Waals surface area (Å²) < 4.78 is 2.02. The van der Waals surface area contributed by atoms with Gasteiger partial charge in [-0.15, -0.1) is 11.3 Å². The maximum atomic E-state index is 12.2. The summed E-state index contributed by atoms with van der Waals surface area (Å²) >= 11 is 9.10. The summed E-state index contributed by atoms with van der Waals surface area (Å²) in [5.41, 5.74) is 0.901. The van der Waals surface area contributed by atoms with Gasteiger partial charge in [0.05, 0.1) is 15.5 Å². The summed E-state index contributed by atoms with van der Waals surface area (Å²) in [7, 11) is 0. The molecular weight excluding hydrogens is 324 g/mol. The number of benzene rings is 1. The van der Waals surface area contributed by atoms with E-state index in [0.717, 1.165) is 27.4 Å². The number of fused-ring (bicyclic) bond motifs is 1. The Labute approximate surface area is 137 Å². The second-order valence-corrected chi connectivity index (χ2v) is 8.40. The van der Waals surface area contributed by atoms with E-state index in [4.69, 9.17) is 11.6 Å². The number of amides is 1. The molecule has 0 saturated heterocycles. The number of thiazole rings is 1.